The van der Waals surface area contributed by atoms with Crippen molar-refractivity contribution in [3.8, 4) is 0 Å². The quantitative estimate of drug-likeness (QED) is 0.909. The second-order valence-corrected chi connectivity index (χ2v) is 7.03. The topological polar surface area (TPSA) is 55.4 Å². The summed E-state index contributed by atoms with van der Waals surface area (Å²) in [5, 5.41) is 0. The molecule has 4 nitrogen and oxygen atoms in total. The van der Waals surface area contributed by atoms with E-state index in [1.165, 1.54) is 0 Å². The van der Waals surface area contributed by atoms with Gasteiger partial charge < -0.3 is 4.74 Å². The molecule has 0 aromatic heterocycles. The Balaban J connectivity index is 2.12. The molecule has 0 heterocycles. The molecular weight excluding hydrogens is 274 g/mol. The molecule has 1 aliphatic rings. The molecular formula is C15H23NO3S. The van der Waals surface area contributed by atoms with Gasteiger partial charge in [0.2, 0.25) is 10.0 Å². The van der Waals surface area contributed by atoms with E-state index in [9.17, 15) is 8.42 Å². The van der Waals surface area contributed by atoms with Crippen LogP contribution in [0.3, 0.4) is 0 Å². The third-order valence-electron chi connectivity index (χ3n) is 3.72. The normalized spacial score (nSPS) is 23.7. The van der Waals surface area contributed by atoms with Crippen molar-refractivity contribution in [3.63, 3.8) is 0 Å². The third kappa shape index (κ3) is 3.81. The Kier molecular flexibility index (Phi) is 5.18. The summed E-state index contributed by atoms with van der Waals surface area (Å²) in [5.74, 6) is 0. The molecule has 0 bridgehead atoms. The third-order valence-corrected chi connectivity index (χ3v) is 5.23. The maximum atomic E-state index is 12.4. The average Bonchev–Trinajstić information content (AvgIpc) is 2.41. The van der Waals surface area contributed by atoms with Crippen LogP contribution in [-0.2, 0) is 14.8 Å². The smallest absolute Gasteiger partial charge is 0.240 e. The van der Waals surface area contributed by atoms with E-state index in [0.717, 1.165) is 31.2 Å². The zero-order valence-corrected chi connectivity index (χ0v) is 12.9. The summed E-state index contributed by atoms with van der Waals surface area (Å²) in [6.45, 7) is 4.50. The van der Waals surface area contributed by atoms with Crippen LogP contribution < -0.4 is 4.72 Å². The average molecular weight is 297 g/mol. The SMILES string of the molecule is CCO[C@H]1CCCC[C@@H]1NS(=O)(=O)c1ccc(C)cc1. The van der Waals surface area contributed by atoms with E-state index in [2.05, 4.69) is 4.72 Å². The van der Waals surface area contributed by atoms with Crippen LogP contribution in [0, 0.1) is 6.92 Å². The molecule has 0 saturated heterocycles. The first-order valence-electron chi connectivity index (χ1n) is 7.23. The van der Waals surface area contributed by atoms with E-state index >= 15 is 0 Å². The molecule has 1 saturated carbocycles. The second-order valence-electron chi connectivity index (χ2n) is 5.32. The van der Waals surface area contributed by atoms with Gasteiger partial charge in [-0.05, 0) is 38.8 Å². The molecule has 112 valence electrons. The van der Waals surface area contributed by atoms with Gasteiger partial charge in [-0.3, -0.25) is 0 Å². The van der Waals surface area contributed by atoms with Crippen LogP contribution in [0.5, 0.6) is 0 Å². The Hall–Kier alpha value is -0.910. The van der Waals surface area contributed by atoms with Crippen molar-refractivity contribution in [2.45, 2.75) is 56.6 Å². The van der Waals surface area contributed by atoms with Crippen LogP contribution in [0.15, 0.2) is 29.2 Å². The van der Waals surface area contributed by atoms with E-state index in [0.29, 0.717) is 11.5 Å². The zero-order chi connectivity index (χ0) is 14.6. The zero-order valence-electron chi connectivity index (χ0n) is 12.1. The molecule has 20 heavy (non-hydrogen) atoms. The van der Waals surface area contributed by atoms with Crippen LogP contribution in [-0.4, -0.2) is 27.2 Å². The van der Waals surface area contributed by atoms with Gasteiger partial charge in [-0.1, -0.05) is 30.5 Å². The minimum absolute atomic E-state index is 0.00558. The summed E-state index contributed by atoms with van der Waals surface area (Å²) in [5.41, 5.74) is 1.05. The van der Waals surface area contributed by atoms with Gasteiger partial charge in [0.25, 0.3) is 0 Å². The monoisotopic (exact) mass is 297 g/mol. The highest BCUT2D eigenvalue weighted by atomic mass is 32.2. The molecule has 1 N–H and O–H groups in total. The Labute approximate surface area is 121 Å². The standard InChI is InChI=1S/C15H23NO3S/c1-3-19-15-7-5-4-6-14(15)16-20(17,18)13-10-8-12(2)9-11-13/h8-11,14-16H,3-7H2,1-2H3/t14-,15-/m0/s1. The number of rotatable bonds is 5. The van der Waals surface area contributed by atoms with E-state index in [1.807, 2.05) is 26.0 Å². The van der Waals surface area contributed by atoms with E-state index in [1.54, 1.807) is 12.1 Å². The van der Waals surface area contributed by atoms with Crippen molar-refractivity contribution in [2.75, 3.05) is 6.61 Å². The van der Waals surface area contributed by atoms with Gasteiger partial charge in [0, 0.05) is 12.6 Å². The highest BCUT2D eigenvalue weighted by Crippen LogP contribution is 2.23. The number of benzene rings is 1. The summed E-state index contributed by atoms with van der Waals surface area (Å²) in [4.78, 5) is 0.323. The molecule has 0 unspecified atom stereocenters. The molecule has 1 aromatic rings. The lowest BCUT2D eigenvalue weighted by molar-refractivity contribution is 0.0184. The fraction of sp³-hybridized carbons (Fsp3) is 0.600. The minimum atomic E-state index is -3.46. The van der Waals surface area contributed by atoms with Gasteiger partial charge >= 0.3 is 0 Å². The van der Waals surface area contributed by atoms with Crippen LogP contribution in [0.2, 0.25) is 0 Å². The summed E-state index contributed by atoms with van der Waals surface area (Å²) in [7, 11) is -3.46. The van der Waals surface area contributed by atoms with Gasteiger partial charge in [-0.25, -0.2) is 13.1 Å². The largest absolute Gasteiger partial charge is 0.377 e. The summed E-state index contributed by atoms with van der Waals surface area (Å²) in [6.07, 6.45) is 3.91. The van der Waals surface area contributed by atoms with E-state index < -0.39 is 10.0 Å². The van der Waals surface area contributed by atoms with Crippen molar-refractivity contribution in [3.05, 3.63) is 29.8 Å². The molecule has 2 atom stereocenters. The van der Waals surface area contributed by atoms with Gasteiger partial charge in [0.05, 0.1) is 11.0 Å². The number of sulfonamides is 1. The summed E-state index contributed by atoms with van der Waals surface area (Å²) < 4.78 is 33.3. The number of hydrogen-bond acceptors (Lipinski definition) is 3. The Morgan fingerprint density at radius 3 is 2.50 bits per heavy atom. The minimum Gasteiger partial charge on any atom is -0.377 e. The van der Waals surface area contributed by atoms with Crippen molar-refractivity contribution >= 4 is 10.0 Å². The maximum absolute atomic E-state index is 12.4. The lowest BCUT2D eigenvalue weighted by Crippen LogP contribution is -2.46. The molecule has 0 aliphatic heterocycles. The van der Waals surface area contributed by atoms with Crippen molar-refractivity contribution < 1.29 is 13.2 Å². The van der Waals surface area contributed by atoms with Crippen LogP contribution >= 0.6 is 0 Å². The Bertz CT molecular complexity index is 523. The number of nitrogens with one attached hydrogen (secondary N) is 1. The van der Waals surface area contributed by atoms with Crippen molar-refractivity contribution in [1.82, 2.24) is 4.72 Å². The van der Waals surface area contributed by atoms with Gasteiger partial charge in [-0.15, -0.1) is 0 Å². The fourth-order valence-electron chi connectivity index (χ4n) is 2.63. The van der Waals surface area contributed by atoms with Gasteiger partial charge in [0.1, 0.15) is 0 Å². The predicted octanol–water partition coefficient (Wildman–Crippen LogP) is 2.62. The Morgan fingerprint density at radius 2 is 1.85 bits per heavy atom. The lowest BCUT2D eigenvalue weighted by Gasteiger charge is -2.31. The second kappa shape index (κ2) is 6.70. The first kappa shape index (κ1) is 15.5. The maximum Gasteiger partial charge on any atom is 0.240 e. The Morgan fingerprint density at radius 1 is 1.20 bits per heavy atom. The molecule has 0 spiro atoms. The van der Waals surface area contributed by atoms with Crippen molar-refractivity contribution in [2.24, 2.45) is 0 Å². The van der Waals surface area contributed by atoms with E-state index in [4.69, 9.17) is 4.74 Å². The summed E-state index contributed by atoms with van der Waals surface area (Å²) in [6, 6.07) is 6.81. The molecule has 0 radical (unpaired) electrons. The number of aryl methyl sites for hydroxylation is 1. The first-order chi connectivity index (χ1) is 9.53. The molecule has 1 fully saturated rings. The van der Waals surface area contributed by atoms with Crippen LogP contribution in [0.25, 0.3) is 0 Å². The van der Waals surface area contributed by atoms with Crippen molar-refractivity contribution in [1.29, 1.82) is 0 Å². The molecule has 1 aromatic carbocycles. The molecule has 5 heteroatoms. The van der Waals surface area contributed by atoms with E-state index in [-0.39, 0.29) is 12.1 Å². The molecule has 2 rings (SSSR count). The van der Waals surface area contributed by atoms with Gasteiger partial charge in [0.15, 0.2) is 0 Å². The first-order valence-corrected chi connectivity index (χ1v) is 8.72. The highest BCUT2D eigenvalue weighted by molar-refractivity contribution is 7.89. The van der Waals surface area contributed by atoms with Crippen LogP contribution in [0.4, 0.5) is 0 Å². The summed E-state index contributed by atoms with van der Waals surface area (Å²) >= 11 is 0. The fourth-order valence-corrected chi connectivity index (χ4v) is 3.93. The van der Waals surface area contributed by atoms with Crippen LogP contribution in [0.1, 0.15) is 38.2 Å². The number of hydrogen-bond donors (Lipinski definition) is 1. The highest BCUT2D eigenvalue weighted by Gasteiger charge is 2.29. The number of ether oxygens (including phenoxy) is 1. The molecule has 1 aliphatic carbocycles. The molecule has 0 amide bonds. The predicted molar refractivity (Wildman–Crippen MR) is 79.2 cm³/mol. The van der Waals surface area contributed by atoms with Gasteiger partial charge in [-0.2, -0.15) is 0 Å². The lowest BCUT2D eigenvalue weighted by atomic mass is 9.93.